The third-order valence-electron chi connectivity index (χ3n) is 4.65. The smallest absolute Gasteiger partial charge is 0.165 e. The van der Waals surface area contributed by atoms with Crippen molar-refractivity contribution in [3.63, 3.8) is 0 Å². The summed E-state index contributed by atoms with van der Waals surface area (Å²) in [5.74, 6) is 1.44. The van der Waals surface area contributed by atoms with E-state index in [0.29, 0.717) is 16.8 Å². The van der Waals surface area contributed by atoms with E-state index in [-0.39, 0.29) is 0 Å². The zero-order valence-corrected chi connectivity index (χ0v) is 16.3. The van der Waals surface area contributed by atoms with Crippen molar-refractivity contribution in [3.8, 4) is 11.5 Å². The molecule has 1 aromatic heterocycles. The zero-order valence-electron chi connectivity index (χ0n) is 14.8. The van der Waals surface area contributed by atoms with Gasteiger partial charge >= 0.3 is 0 Å². The Morgan fingerprint density at radius 1 is 1.24 bits per heavy atom. The number of ether oxygens (including phenoxy) is 2. The first-order valence-electron chi connectivity index (χ1n) is 8.58. The molecule has 1 N–H and O–H groups in total. The third kappa shape index (κ3) is 4.88. The Morgan fingerprint density at radius 3 is 2.68 bits per heavy atom. The maximum Gasteiger partial charge on any atom is 0.165 e. The molecule has 0 amide bonds. The fourth-order valence-electron chi connectivity index (χ4n) is 3.31. The molecule has 0 saturated carbocycles. The minimum Gasteiger partial charge on any atom is -0.493 e. The SMILES string of the molecule is COc1cc(Cl)cc(CNC2CCN(Cc3cccs3)CC2)c1OC. The zero-order chi connectivity index (χ0) is 17.6. The van der Waals surface area contributed by atoms with E-state index in [9.17, 15) is 0 Å². The quantitative estimate of drug-likeness (QED) is 0.781. The highest BCUT2D eigenvalue weighted by atomic mass is 35.5. The van der Waals surface area contributed by atoms with Crippen LogP contribution < -0.4 is 14.8 Å². The minimum absolute atomic E-state index is 0.522. The number of nitrogens with zero attached hydrogens (tertiary/aromatic N) is 1. The van der Waals surface area contributed by atoms with Gasteiger partial charge in [-0.2, -0.15) is 0 Å². The van der Waals surface area contributed by atoms with Gasteiger partial charge in [-0.1, -0.05) is 17.7 Å². The van der Waals surface area contributed by atoms with Crippen molar-refractivity contribution in [2.45, 2.75) is 32.0 Å². The molecule has 1 aliphatic rings. The summed E-state index contributed by atoms with van der Waals surface area (Å²) in [4.78, 5) is 3.98. The number of thiophene rings is 1. The highest BCUT2D eigenvalue weighted by Gasteiger charge is 2.20. The molecule has 1 fully saturated rings. The largest absolute Gasteiger partial charge is 0.493 e. The van der Waals surface area contributed by atoms with Gasteiger partial charge in [0.1, 0.15) is 0 Å². The van der Waals surface area contributed by atoms with Crippen molar-refractivity contribution in [2.24, 2.45) is 0 Å². The normalized spacial score (nSPS) is 16.1. The Hall–Kier alpha value is -1.27. The van der Waals surface area contributed by atoms with Gasteiger partial charge < -0.3 is 14.8 Å². The summed E-state index contributed by atoms with van der Waals surface area (Å²) in [6, 6.07) is 8.60. The Morgan fingerprint density at radius 2 is 2.04 bits per heavy atom. The fraction of sp³-hybridized carbons (Fsp3) is 0.474. The van der Waals surface area contributed by atoms with Gasteiger partial charge in [0.25, 0.3) is 0 Å². The van der Waals surface area contributed by atoms with Crippen molar-refractivity contribution in [1.29, 1.82) is 0 Å². The number of nitrogens with one attached hydrogen (secondary N) is 1. The average molecular weight is 381 g/mol. The van der Waals surface area contributed by atoms with Crippen LogP contribution in [0.1, 0.15) is 23.3 Å². The van der Waals surface area contributed by atoms with Crippen molar-refractivity contribution >= 4 is 22.9 Å². The van der Waals surface area contributed by atoms with Gasteiger partial charge in [-0.05, 0) is 43.4 Å². The number of hydrogen-bond acceptors (Lipinski definition) is 5. The van der Waals surface area contributed by atoms with Gasteiger partial charge in [0, 0.05) is 40.7 Å². The van der Waals surface area contributed by atoms with E-state index < -0.39 is 0 Å². The number of hydrogen-bond donors (Lipinski definition) is 1. The molecule has 2 heterocycles. The Kier molecular flexibility index (Phi) is 6.59. The summed E-state index contributed by atoms with van der Waals surface area (Å²) in [5.41, 5.74) is 1.04. The number of likely N-dealkylation sites (tertiary alicyclic amines) is 1. The fourth-order valence-corrected chi connectivity index (χ4v) is 4.29. The maximum atomic E-state index is 6.20. The van der Waals surface area contributed by atoms with E-state index in [1.807, 2.05) is 17.4 Å². The Balaban J connectivity index is 1.52. The van der Waals surface area contributed by atoms with Crippen molar-refractivity contribution in [2.75, 3.05) is 27.3 Å². The third-order valence-corrected chi connectivity index (χ3v) is 5.73. The number of halogens is 1. The second kappa shape index (κ2) is 8.90. The molecule has 0 aliphatic carbocycles. The molecule has 0 bridgehead atoms. The summed E-state index contributed by atoms with van der Waals surface area (Å²) in [6.07, 6.45) is 2.32. The van der Waals surface area contributed by atoms with Crippen LogP contribution in [0.2, 0.25) is 5.02 Å². The lowest BCUT2D eigenvalue weighted by molar-refractivity contribution is 0.191. The highest BCUT2D eigenvalue weighted by Crippen LogP contribution is 2.34. The summed E-state index contributed by atoms with van der Waals surface area (Å²) in [5, 5.41) is 6.47. The van der Waals surface area contributed by atoms with Gasteiger partial charge in [0.2, 0.25) is 0 Å². The topological polar surface area (TPSA) is 33.7 Å². The van der Waals surface area contributed by atoms with E-state index in [2.05, 4.69) is 27.7 Å². The maximum absolute atomic E-state index is 6.20. The van der Waals surface area contributed by atoms with E-state index in [0.717, 1.165) is 50.3 Å². The molecule has 0 atom stereocenters. The van der Waals surface area contributed by atoms with Crippen molar-refractivity contribution in [1.82, 2.24) is 10.2 Å². The first-order chi connectivity index (χ1) is 12.2. The van der Waals surface area contributed by atoms with Crippen LogP contribution in [0.5, 0.6) is 11.5 Å². The second-order valence-corrected chi connectivity index (χ2v) is 7.78. The van der Waals surface area contributed by atoms with Crippen LogP contribution in [0.4, 0.5) is 0 Å². The predicted molar refractivity (Wildman–Crippen MR) is 104 cm³/mol. The molecule has 2 aromatic rings. The van der Waals surface area contributed by atoms with E-state index in [1.54, 1.807) is 20.3 Å². The summed E-state index contributed by atoms with van der Waals surface area (Å²) >= 11 is 8.04. The first kappa shape index (κ1) is 18.5. The van der Waals surface area contributed by atoms with Crippen molar-refractivity contribution in [3.05, 3.63) is 45.1 Å². The monoisotopic (exact) mass is 380 g/mol. The highest BCUT2D eigenvalue weighted by molar-refractivity contribution is 7.09. The summed E-state index contributed by atoms with van der Waals surface area (Å²) in [7, 11) is 3.30. The molecule has 0 radical (unpaired) electrons. The van der Waals surface area contributed by atoms with E-state index in [4.69, 9.17) is 21.1 Å². The van der Waals surface area contributed by atoms with Crippen LogP contribution in [0.15, 0.2) is 29.6 Å². The molecular formula is C19H25ClN2O2S. The Labute approximate surface area is 158 Å². The number of piperidine rings is 1. The van der Waals surface area contributed by atoms with E-state index in [1.165, 1.54) is 4.88 Å². The molecule has 136 valence electrons. The summed E-state index contributed by atoms with van der Waals surface area (Å²) < 4.78 is 10.9. The van der Waals surface area contributed by atoms with Gasteiger partial charge in [-0.3, -0.25) is 4.90 Å². The molecule has 1 aliphatic heterocycles. The van der Waals surface area contributed by atoms with Gasteiger partial charge in [0.05, 0.1) is 14.2 Å². The number of methoxy groups -OCH3 is 2. The number of rotatable bonds is 7. The molecule has 3 rings (SSSR count). The first-order valence-corrected chi connectivity index (χ1v) is 9.84. The van der Waals surface area contributed by atoms with Gasteiger partial charge in [-0.15, -0.1) is 11.3 Å². The van der Waals surface area contributed by atoms with E-state index >= 15 is 0 Å². The summed E-state index contributed by atoms with van der Waals surface area (Å²) in [6.45, 7) is 4.07. The molecule has 0 spiro atoms. The minimum atomic E-state index is 0.522. The standard InChI is InChI=1S/C19H25ClN2O2S/c1-23-18-11-15(20)10-14(19(18)24-2)12-21-16-5-7-22(8-6-16)13-17-4-3-9-25-17/h3-4,9-11,16,21H,5-8,12-13H2,1-2H3. The molecule has 25 heavy (non-hydrogen) atoms. The van der Waals surface area contributed by atoms with Crippen LogP contribution in [0.3, 0.4) is 0 Å². The second-order valence-electron chi connectivity index (χ2n) is 6.31. The average Bonchev–Trinajstić information content (AvgIpc) is 3.13. The van der Waals surface area contributed by atoms with Crippen LogP contribution in [0, 0.1) is 0 Å². The van der Waals surface area contributed by atoms with Crippen LogP contribution in [0.25, 0.3) is 0 Å². The van der Waals surface area contributed by atoms with Gasteiger partial charge in [-0.25, -0.2) is 0 Å². The molecule has 1 saturated heterocycles. The lowest BCUT2D eigenvalue weighted by Gasteiger charge is -2.32. The van der Waals surface area contributed by atoms with Crippen molar-refractivity contribution < 1.29 is 9.47 Å². The Bertz CT molecular complexity index is 670. The number of benzene rings is 1. The lowest BCUT2D eigenvalue weighted by atomic mass is 10.0. The predicted octanol–water partition coefficient (Wildman–Crippen LogP) is 4.17. The van der Waals surface area contributed by atoms with Crippen LogP contribution in [-0.4, -0.2) is 38.3 Å². The molecule has 0 unspecified atom stereocenters. The molecule has 6 heteroatoms. The lowest BCUT2D eigenvalue weighted by Crippen LogP contribution is -2.41. The molecule has 4 nitrogen and oxygen atoms in total. The molecular weight excluding hydrogens is 356 g/mol. The van der Waals surface area contributed by atoms with Crippen LogP contribution in [-0.2, 0) is 13.1 Å². The molecule has 1 aromatic carbocycles. The van der Waals surface area contributed by atoms with Crippen LogP contribution >= 0.6 is 22.9 Å². The van der Waals surface area contributed by atoms with Gasteiger partial charge in [0.15, 0.2) is 11.5 Å².